The third-order valence-electron chi connectivity index (χ3n) is 4.40. The number of nitrogens with zero attached hydrogens (tertiary/aromatic N) is 3. The van der Waals surface area contributed by atoms with E-state index in [4.69, 9.17) is 0 Å². The van der Waals surface area contributed by atoms with Gasteiger partial charge >= 0.3 is 0 Å². The van der Waals surface area contributed by atoms with Crippen LogP contribution in [0.4, 0.5) is 17.1 Å². The first-order valence-electron chi connectivity index (χ1n) is 9.28. The highest BCUT2D eigenvalue weighted by atomic mass is 16.6. The van der Waals surface area contributed by atoms with Crippen molar-refractivity contribution in [3.05, 3.63) is 76.1 Å². The van der Waals surface area contributed by atoms with E-state index in [1.165, 1.54) is 22.9 Å². The van der Waals surface area contributed by atoms with E-state index in [9.17, 15) is 19.7 Å². The molecule has 154 valence electrons. The number of hydrogen-bond acceptors (Lipinski definition) is 5. The number of nitro groups is 1. The smallest absolute Gasteiger partial charge is 0.276 e. The zero-order chi connectivity index (χ0) is 21.8. The van der Waals surface area contributed by atoms with Gasteiger partial charge in [-0.2, -0.15) is 5.10 Å². The van der Waals surface area contributed by atoms with Crippen molar-refractivity contribution in [2.75, 3.05) is 10.6 Å². The van der Waals surface area contributed by atoms with Gasteiger partial charge in [0.1, 0.15) is 0 Å². The van der Waals surface area contributed by atoms with Gasteiger partial charge < -0.3 is 10.6 Å². The van der Waals surface area contributed by atoms with Crippen molar-refractivity contribution in [3.63, 3.8) is 0 Å². The molecule has 0 aliphatic rings. The number of nitro benzene ring substituents is 1. The molecular weight excluding hydrogens is 386 g/mol. The average Bonchev–Trinajstić information content (AvgIpc) is 3.21. The normalized spacial score (nSPS) is 10.7. The van der Waals surface area contributed by atoms with Gasteiger partial charge in [0.15, 0.2) is 5.69 Å². The molecular formula is C21H21N5O4. The van der Waals surface area contributed by atoms with Gasteiger partial charge in [0.05, 0.1) is 10.6 Å². The van der Waals surface area contributed by atoms with Crippen molar-refractivity contribution < 1.29 is 14.5 Å². The lowest BCUT2D eigenvalue weighted by atomic mass is 10.1. The van der Waals surface area contributed by atoms with Crippen LogP contribution in [0.1, 0.15) is 29.9 Å². The summed E-state index contributed by atoms with van der Waals surface area (Å²) >= 11 is 0. The summed E-state index contributed by atoms with van der Waals surface area (Å²) in [5.74, 6) is -0.719. The van der Waals surface area contributed by atoms with Crippen LogP contribution in [0.3, 0.4) is 0 Å². The van der Waals surface area contributed by atoms with Gasteiger partial charge in [0.2, 0.25) is 5.91 Å². The lowest BCUT2D eigenvalue weighted by Crippen LogP contribution is -2.18. The minimum Gasteiger partial charge on any atom is -0.326 e. The molecule has 1 aromatic heterocycles. The topological polar surface area (TPSA) is 119 Å². The third-order valence-corrected chi connectivity index (χ3v) is 4.40. The number of nitrogens with one attached hydrogen (secondary N) is 2. The molecule has 2 aromatic carbocycles. The third kappa shape index (κ3) is 4.69. The summed E-state index contributed by atoms with van der Waals surface area (Å²) in [6.45, 7) is 5.43. The van der Waals surface area contributed by atoms with Crippen LogP contribution in [0.2, 0.25) is 0 Å². The van der Waals surface area contributed by atoms with E-state index in [-0.39, 0.29) is 23.2 Å². The van der Waals surface area contributed by atoms with Crippen molar-refractivity contribution in [2.24, 2.45) is 5.92 Å². The molecule has 0 aliphatic heterocycles. The summed E-state index contributed by atoms with van der Waals surface area (Å²) in [6, 6.07) is 12.7. The summed E-state index contributed by atoms with van der Waals surface area (Å²) in [4.78, 5) is 35.0. The fraction of sp³-hybridized carbons (Fsp3) is 0.190. The standard InChI is InChI=1S/C21H21N5O4/c1-13(2)20(27)22-15-8-7-14(3)19(11-15)23-21(28)18-9-10-25(24-18)16-5-4-6-17(12-16)26(29)30/h4-13H,1-3H3,(H,22,27)(H,23,28). The number of rotatable bonds is 6. The number of hydrogen-bond donors (Lipinski definition) is 2. The molecule has 0 fully saturated rings. The molecule has 0 unspecified atom stereocenters. The van der Waals surface area contributed by atoms with E-state index in [0.29, 0.717) is 17.1 Å². The Kier molecular flexibility index (Phi) is 5.91. The summed E-state index contributed by atoms with van der Waals surface area (Å²) in [5.41, 5.74) is 2.51. The zero-order valence-electron chi connectivity index (χ0n) is 16.7. The van der Waals surface area contributed by atoms with Crippen LogP contribution in [-0.2, 0) is 4.79 Å². The number of aryl methyl sites for hydroxylation is 1. The van der Waals surface area contributed by atoms with Crippen LogP contribution in [0, 0.1) is 23.0 Å². The van der Waals surface area contributed by atoms with E-state index < -0.39 is 10.8 Å². The first kappa shape index (κ1) is 20.7. The predicted molar refractivity (Wildman–Crippen MR) is 113 cm³/mol. The van der Waals surface area contributed by atoms with Gasteiger partial charge in [0.25, 0.3) is 11.6 Å². The molecule has 2 N–H and O–H groups in total. The number of anilines is 2. The van der Waals surface area contributed by atoms with Crippen molar-refractivity contribution in [2.45, 2.75) is 20.8 Å². The maximum Gasteiger partial charge on any atom is 0.276 e. The first-order valence-corrected chi connectivity index (χ1v) is 9.28. The van der Waals surface area contributed by atoms with E-state index in [2.05, 4.69) is 15.7 Å². The van der Waals surface area contributed by atoms with Crippen LogP contribution in [-0.4, -0.2) is 26.5 Å². The summed E-state index contributed by atoms with van der Waals surface area (Å²) in [6.07, 6.45) is 1.56. The molecule has 9 heteroatoms. The van der Waals surface area contributed by atoms with Gasteiger partial charge in [-0.15, -0.1) is 0 Å². The van der Waals surface area contributed by atoms with Gasteiger partial charge in [-0.3, -0.25) is 19.7 Å². The molecule has 0 radical (unpaired) electrons. The largest absolute Gasteiger partial charge is 0.326 e. The summed E-state index contributed by atoms with van der Waals surface area (Å²) in [7, 11) is 0. The lowest BCUT2D eigenvalue weighted by Gasteiger charge is -2.12. The van der Waals surface area contributed by atoms with Crippen LogP contribution in [0.15, 0.2) is 54.7 Å². The molecule has 3 aromatic rings. The molecule has 2 amide bonds. The van der Waals surface area contributed by atoms with Crippen LogP contribution in [0.5, 0.6) is 0 Å². The Bertz CT molecular complexity index is 1120. The van der Waals surface area contributed by atoms with Crippen LogP contribution in [0.25, 0.3) is 5.69 Å². The Morgan fingerprint density at radius 2 is 1.87 bits per heavy atom. The second-order valence-corrected chi connectivity index (χ2v) is 7.05. The molecule has 30 heavy (non-hydrogen) atoms. The van der Waals surface area contributed by atoms with Gasteiger partial charge in [-0.1, -0.05) is 26.0 Å². The number of aromatic nitrogens is 2. The monoisotopic (exact) mass is 407 g/mol. The number of carbonyl (C=O) groups is 2. The second-order valence-electron chi connectivity index (χ2n) is 7.05. The van der Waals surface area contributed by atoms with E-state index in [0.717, 1.165) is 5.56 Å². The average molecular weight is 407 g/mol. The summed E-state index contributed by atoms with van der Waals surface area (Å²) in [5, 5.41) is 20.7. The Morgan fingerprint density at radius 3 is 2.57 bits per heavy atom. The van der Waals surface area contributed by atoms with Crippen molar-refractivity contribution in [1.82, 2.24) is 9.78 Å². The molecule has 0 saturated carbocycles. The Labute approximate surface area is 172 Å². The van der Waals surface area contributed by atoms with Gasteiger partial charge in [0, 0.05) is 35.6 Å². The van der Waals surface area contributed by atoms with Gasteiger partial charge in [-0.25, -0.2) is 4.68 Å². The van der Waals surface area contributed by atoms with E-state index in [1.54, 1.807) is 50.4 Å². The lowest BCUT2D eigenvalue weighted by molar-refractivity contribution is -0.384. The highest BCUT2D eigenvalue weighted by molar-refractivity contribution is 6.04. The number of carbonyl (C=O) groups excluding carboxylic acids is 2. The van der Waals surface area contributed by atoms with Crippen LogP contribution < -0.4 is 10.6 Å². The number of amides is 2. The quantitative estimate of drug-likeness (QED) is 0.474. The first-order chi connectivity index (χ1) is 14.2. The number of non-ortho nitro benzene ring substituents is 1. The predicted octanol–water partition coefficient (Wildman–Crippen LogP) is 3.94. The number of benzene rings is 2. The van der Waals surface area contributed by atoms with Crippen molar-refractivity contribution in [1.29, 1.82) is 0 Å². The second kappa shape index (κ2) is 8.56. The highest BCUT2D eigenvalue weighted by Gasteiger charge is 2.14. The maximum absolute atomic E-state index is 12.6. The Morgan fingerprint density at radius 1 is 1.10 bits per heavy atom. The zero-order valence-corrected chi connectivity index (χ0v) is 16.7. The highest BCUT2D eigenvalue weighted by Crippen LogP contribution is 2.22. The minimum atomic E-state index is -0.492. The van der Waals surface area contributed by atoms with E-state index in [1.807, 2.05) is 6.92 Å². The molecule has 0 saturated heterocycles. The minimum absolute atomic E-state index is 0.0649. The van der Waals surface area contributed by atoms with Gasteiger partial charge in [-0.05, 0) is 36.8 Å². The molecule has 0 spiro atoms. The van der Waals surface area contributed by atoms with Crippen molar-refractivity contribution >= 4 is 28.9 Å². The fourth-order valence-corrected chi connectivity index (χ4v) is 2.65. The molecule has 0 atom stereocenters. The maximum atomic E-state index is 12.6. The Hall–Kier alpha value is -4.01. The molecule has 1 heterocycles. The molecule has 3 rings (SSSR count). The SMILES string of the molecule is Cc1ccc(NC(=O)C(C)C)cc1NC(=O)c1ccn(-c2cccc([N+](=O)[O-])c2)n1. The van der Waals surface area contributed by atoms with E-state index >= 15 is 0 Å². The van der Waals surface area contributed by atoms with Crippen molar-refractivity contribution in [3.8, 4) is 5.69 Å². The van der Waals surface area contributed by atoms with Crippen LogP contribution >= 0.6 is 0 Å². The molecule has 0 bridgehead atoms. The fourth-order valence-electron chi connectivity index (χ4n) is 2.65. The molecule has 9 nitrogen and oxygen atoms in total. The molecule has 0 aliphatic carbocycles. The summed E-state index contributed by atoms with van der Waals surface area (Å²) < 4.78 is 1.40. The Balaban J connectivity index is 1.78.